The molecule has 22 heavy (non-hydrogen) atoms. The van der Waals surface area contributed by atoms with E-state index >= 15 is 0 Å². The van der Waals surface area contributed by atoms with Gasteiger partial charge in [0.1, 0.15) is 6.10 Å². The highest BCUT2D eigenvalue weighted by atomic mass is 32.2. The van der Waals surface area contributed by atoms with E-state index in [0.717, 1.165) is 11.6 Å². The van der Waals surface area contributed by atoms with Crippen molar-refractivity contribution in [2.45, 2.75) is 17.9 Å². The van der Waals surface area contributed by atoms with E-state index in [9.17, 15) is 23.6 Å². The number of nitrogens with one attached hydrogen (secondary N) is 1. The van der Waals surface area contributed by atoms with Gasteiger partial charge in [0.2, 0.25) is 10.0 Å². The van der Waals surface area contributed by atoms with Gasteiger partial charge in [-0.1, -0.05) is 6.07 Å². The summed E-state index contributed by atoms with van der Waals surface area (Å²) in [6.45, 7) is 1.62. The Hall–Kier alpha value is -1.81. The lowest BCUT2D eigenvalue weighted by Gasteiger charge is -2.12. The summed E-state index contributed by atoms with van der Waals surface area (Å²) in [6.07, 6.45) is -0.964. The van der Waals surface area contributed by atoms with Gasteiger partial charge in [-0.2, -0.15) is 0 Å². The summed E-state index contributed by atoms with van der Waals surface area (Å²) in [5, 5.41) is 22.5. The number of nitro groups is 1. The topological polar surface area (TPSA) is 110 Å². The van der Waals surface area contributed by atoms with Crippen molar-refractivity contribution in [1.29, 1.82) is 0 Å². The minimum absolute atomic E-state index is 0.202. The Morgan fingerprint density at radius 3 is 2.73 bits per heavy atom. The number of nitro benzene ring substituents is 1. The molecule has 2 aromatic rings. The molecule has 0 radical (unpaired) electrons. The fourth-order valence-electron chi connectivity index (χ4n) is 1.85. The highest BCUT2D eigenvalue weighted by molar-refractivity contribution is 7.89. The molecule has 9 heteroatoms. The van der Waals surface area contributed by atoms with Crippen molar-refractivity contribution in [2.75, 3.05) is 6.54 Å². The maximum absolute atomic E-state index is 12.1. The SMILES string of the molecule is Cc1ccsc1C(O)CNS(=O)(=O)c1cccc([N+](=O)[O-])c1. The van der Waals surface area contributed by atoms with Crippen LogP contribution in [0, 0.1) is 17.0 Å². The van der Waals surface area contributed by atoms with Crippen molar-refractivity contribution < 1.29 is 18.4 Å². The second kappa shape index (κ2) is 6.53. The smallest absolute Gasteiger partial charge is 0.270 e. The van der Waals surface area contributed by atoms with Crippen molar-refractivity contribution in [3.05, 3.63) is 56.3 Å². The quantitative estimate of drug-likeness (QED) is 0.616. The van der Waals surface area contributed by atoms with Crippen molar-refractivity contribution in [2.24, 2.45) is 0 Å². The second-order valence-corrected chi connectivity index (χ2v) is 7.30. The minimum atomic E-state index is -3.93. The lowest BCUT2D eigenvalue weighted by molar-refractivity contribution is -0.385. The number of nitrogens with zero attached hydrogens (tertiary/aromatic N) is 1. The minimum Gasteiger partial charge on any atom is -0.386 e. The van der Waals surface area contributed by atoms with Gasteiger partial charge in [-0.25, -0.2) is 13.1 Å². The molecule has 118 valence electrons. The summed E-state index contributed by atoms with van der Waals surface area (Å²) in [4.78, 5) is 10.5. The zero-order valence-electron chi connectivity index (χ0n) is 11.6. The predicted octanol–water partition coefficient (Wildman–Crippen LogP) is 1.98. The molecule has 1 unspecified atom stereocenters. The van der Waals surface area contributed by atoms with Crippen LogP contribution in [0.3, 0.4) is 0 Å². The molecule has 0 aliphatic carbocycles. The summed E-state index contributed by atoms with van der Waals surface area (Å²) in [6, 6.07) is 6.58. The largest absolute Gasteiger partial charge is 0.386 e. The van der Waals surface area contributed by atoms with Gasteiger partial charge >= 0.3 is 0 Å². The molecule has 0 saturated carbocycles. The van der Waals surface area contributed by atoms with E-state index in [1.807, 2.05) is 18.4 Å². The molecule has 0 saturated heterocycles. The van der Waals surface area contributed by atoms with Gasteiger partial charge in [0.15, 0.2) is 0 Å². The van der Waals surface area contributed by atoms with E-state index < -0.39 is 21.1 Å². The van der Waals surface area contributed by atoms with Crippen LogP contribution in [-0.2, 0) is 10.0 Å². The molecule has 1 heterocycles. The second-order valence-electron chi connectivity index (χ2n) is 4.59. The Morgan fingerprint density at radius 2 is 2.14 bits per heavy atom. The van der Waals surface area contributed by atoms with Crippen molar-refractivity contribution in [3.8, 4) is 0 Å². The Morgan fingerprint density at radius 1 is 1.41 bits per heavy atom. The third-order valence-electron chi connectivity index (χ3n) is 3.01. The molecule has 0 aliphatic rings. The molecule has 1 aromatic heterocycles. The van der Waals surface area contributed by atoms with Crippen LogP contribution in [-0.4, -0.2) is 25.0 Å². The molecule has 2 N–H and O–H groups in total. The first-order valence-electron chi connectivity index (χ1n) is 6.27. The van der Waals surface area contributed by atoms with E-state index in [1.165, 1.54) is 29.5 Å². The third kappa shape index (κ3) is 3.69. The fourth-order valence-corrected chi connectivity index (χ4v) is 3.85. The van der Waals surface area contributed by atoms with Crippen LogP contribution in [0.2, 0.25) is 0 Å². The van der Waals surface area contributed by atoms with E-state index in [1.54, 1.807) is 0 Å². The standard InChI is InChI=1S/C13H14N2O5S2/c1-9-5-6-21-13(9)12(16)8-14-22(19,20)11-4-2-3-10(7-11)15(17)18/h2-7,12,14,16H,8H2,1H3. The molecule has 1 aromatic carbocycles. The maximum Gasteiger partial charge on any atom is 0.270 e. The fraction of sp³-hybridized carbons (Fsp3) is 0.231. The molecule has 7 nitrogen and oxygen atoms in total. The average Bonchev–Trinajstić information content (AvgIpc) is 2.91. The number of non-ortho nitro benzene ring substituents is 1. The lowest BCUT2D eigenvalue weighted by atomic mass is 10.2. The normalized spacial score (nSPS) is 13.0. The highest BCUT2D eigenvalue weighted by Gasteiger charge is 2.20. The van der Waals surface area contributed by atoms with Crippen LogP contribution in [0.1, 0.15) is 16.5 Å². The van der Waals surface area contributed by atoms with Crippen molar-refractivity contribution in [3.63, 3.8) is 0 Å². The van der Waals surface area contributed by atoms with Gasteiger partial charge in [-0.3, -0.25) is 10.1 Å². The summed E-state index contributed by atoms with van der Waals surface area (Å²) in [7, 11) is -3.93. The number of aryl methyl sites for hydroxylation is 1. The van der Waals surface area contributed by atoms with Gasteiger partial charge in [0.05, 0.1) is 9.82 Å². The Labute approximate surface area is 131 Å². The number of benzene rings is 1. The zero-order valence-corrected chi connectivity index (χ0v) is 13.2. The van der Waals surface area contributed by atoms with Gasteiger partial charge in [0.25, 0.3) is 5.69 Å². The highest BCUT2D eigenvalue weighted by Crippen LogP contribution is 2.24. The number of rotatable bonds is 6. The molecular formula is C13H14N2O5S2. The van der Waals surface area contributed by atoms with E-state index in [-0.39, 0.29) is 17.1 Å². The van der Waals surface area contributed by atoms with Gasteiger partial charge < -0.3 is 5.11 Å². The molecule has 0 amide bonds. The summed E-state index contributed by atoms with van der Waals surface area (Å²) in [5.41, 5.74) is 0.574. The lowest BCUT2D eigenvalue weighted by Crippen LogP contribution is -2.28. The van der Waals surface area contributed by atoms with Crippen molar-refractivity contribution in [1.82, 2.24) is 4.72 Å². The van der Waals surface area contributed by atoms with Crippen LogP contribution >= 0.6 is 11.3 Å². The van der Waals surface area contributed by atoms with E-state index in [2.05, 4.69) is 4.72 Å². The van der Waals surface area contributed by atoms with Gasteiger partial charge in [-0.05, 0) is 30.0 Å². The van der Waals surface area contributed by atoms with Gasteiger partial charge in [0, 0.05) is 23.6 Å². The molecule has 0 aliphatic heterocycles. The van der Waals surface area contributed by atoms with Crippen molar-refractivity contribution >= 4 is 27.0 Å². The number of sulfonamides is 1. The number of hydrogen-bond acceptors (Lipinski definition) is 6. The van der Waals surface area contributed by atoms with E-state index in [4.69, 9.17) is 0 Å². The molecule has 0 spiro atoms. The van der Waals surface area contributed by atoms with Gasteiger partial charge in [-0.15, -0.1) is 11.3 Å². The Balaban J connectivity index is 2.13. The van der Waals surface area contributed by atoms with Crippen LogP contribution in [0.25, 0.3) is 0 Å². The van der Waals surface area contributed by atoms with Crippen LogP contribution < -0.4 is 4.72 Å². The van der Waals surface area contributed by atoms with Crippen LogP contribution in [0.15, 0.2) is 40.6 Å². The average molecular weight is 342 g/mol. The molecule has 2 rings (SSSR count). The van der Waals surface area contributed by atoms with Crippen LogP contribution in [0.4, 0.5) is 5.69 Å². The number of hydrogen-bond donors (Lipinski definition) is 2. The predicted molar refractivity (Wildman–Crippen MR) is 82.3 cm³/mol. The van der Waals surface area contributed by atoms with Crippen LogP contribution in [0.5, 0.6) is 0 Å². The molecular weight excluding hydrogens is 328 g/mol. The number of aliphatic hydroxyl groups is 1. The van der Waals surface area contributed by atoms with E-state index in [0.29, 0.717) is 4.88 Å². The number of aliphatic hydroxyl groups excluding tert-OH is 1. The molecule has 0 fully saturated rings. The first kappa shape index (κ1) is 16.6. The summed E-state index contributed by atoms with van der Waals surface area (Å²) >= 11 is 1.34. The molecule has 1 atom stereocenters. The number of thiophene rings is 1. The molecule has 0 bridgehead atoms. The Bertz CT molecular complexity index is 785. The third-order valence-corrected chi connectivity index (χ3v) is 5.55. The first-order chi connectivity index (χ1) is 10.3. The maximum atomic E-state index is 12.1. The summed E-state index contributed by atoms with van der Waals surface area (Å²) < 4.78 is 26.5. The summed E-state index contributed by atoms with van der Waals surface area (Å²) in [5.74, 6) is 0. The zero-order chi connectivity index (χ0) is 16.3. The monoisotopic (exact) mass is 342 g/mol. The Kier molecular flexibility index (Phi) is 4.91. The first-order valence-corrected chi connectivity index (χ1v) is 8.64.